The van der Waals surface area contributed by atoms with E-state index in [0.717, 1.165) is 102 Å². The topological polar surface area (TPSA) is 455 Å². The lowest BCUT2D eigenvalue weighted by Gasteiger charge is -2.42. The van der Waals surface area contributed by atoms with E-state index in [2.05, 4.69) is 126 Å². The summed E-state index contributed by atoms with van der Waals surface area (Å²) in [4.78, 5) is 82.7. The van der Waals surface area contributed by atoms with E-state index in [0.29, 0.717) is 97.2 Å². The molecule has 2 fully saturated rings. The van der Waals surface area contributed by atoms with Crippen LogP contribution in [0.4, 0.5) is 104 Å². The Bertz CT molecular complexity index is 6940. The molecule has 1 atom stereocenters. The van der Waals surface area contributed by atoms with Crippen LogP contribution in [-0.2, 0) is 28.1 Å². The van der Waals surface area contributed by atoms with Gasteiger partial charge in [0, 0.05) is 121 Å². The van der Waals surface area contributed by atoms with Crippen molar-refractivity contribution in [1.29, 1.82) is 0 Å². The number of aryl methyl sites for hydroxylation is 1. The molecule has 0 radical (unpaired) electrons. The second-order valence-corrected chi connectivity index (χ2v) is 49.9. The Balaban J connectivity index is 0.000000169. The van der Waals surface area contributed by atoms with Crippen molar-refractivity contribution < 1.29 is 60.6 Å². The Morgan fingerprint density at radius 1 is 0.504 bits per heavy atom. The van der Waals surface area contributed by atoms with Crippen LogP contribution < -0.4 is 88.2 Å². The lowest BCUT2D eigenvalue weighted by molar-refractivity contribution is 0.0980. The van der Waals surface area contributed by atoms with Crippen LogP contribution in [0.15, 0.2) is 218 Å². The number of carbonyl (C=O) groups is 1. The first kappa shape index (κ1) is 108. The highest BCUT2D eigenvalue weighted by atomic mass is 35.5. The molecule has 12 N–H and O–H groups in total. The van der Waals surface area contributed by atoms with Crippen LogP contribution in [0.25, 0.3) is 11.3 Å². The fraction of sp³-hybridized carbons (Fsp3) is 0.289. The number of aliphatic hydroxyl groups is 1. The van der Waals surface area contributed by atoms with Gasteiger partial charge in [-0.1, -0.05) is 89.4 Å². The lowest BCUT2D eigenvalue weighted by atomic mass is 10.0. The van der Waals surface area contributed by atoms with Crippen LogP contribution in [0, 0.1) is 6.92 Å². The highest BCUT2D eigenvalue weighted by Gasteiger charge is 2.31. The van der Waals surface area contributed by atoms with Gasteiger partial charge in [-0.05, 0) is 209 Å². The van der Waals surface area contributed by atoms with E-state index in [-0.39, 0.29) is 61.7 Å². The maximum atomic E-state index is 12.9. The van der Waals surface area contributed by atoms with Gasteiger partial charge in [-0.3, -0.25) is 24.2 Å². The van der Waals surface area contributed by atoms with Gasteiger partial charge in [-0.2, -0.15) is 19.9 Å². The zero-order chi connectivity index (χ0) is 102. The largest absolute Gasteiger partial charge is 0.495 e. The van der Waals surface area contributed by atoms with E-state index in [1.807, 2.05) is 85.8 Å². The van der Waals surface area contributed by atoms with Crippen LogP contribution in [0.1, 0.15) is 56.5 Å². The number of benzene rings is 8. The predicted molar refractivity (Wildman–Crippen MR) is 572 cm³/mol. The van der Waals surface area contributed by atoms with Crippen molar-refractivity contribution in [3.63, 3.8) is 0 Å². The molecule has 2 aliphatic rings. The number of halogens is 4. The predicted octanol–water partition coefficient (Wildman–Crippen LogP) is 19.2. The van der Waals surface area contributed by atoms with Crippen molar-refractivity contribution in [2.45, 2.75) is 69.2 Å². The smallest absolute Gasteiger partial charge is 0.358 e. The summed E-state index contributed by atoms with van der Waals surface area (Å²) in [7, 11) is -8.63. The number of nitrogens with zero attached hydrogens (tertiary/aromatic N) is 13. The highest BCUT2D eigenvalue weighted by molar-refractivity contribution is 7.92. The Hall–Kier alpha value is -11.9. The monoisotopic (exact) mass is 2090 g/mol. The Labute approximate surface area is 840 Å². The third-order valence-electron chi connectivity index (χ3n) is 22.6. The van der Waals surface area contributed by atoms with Crippen molar-refractivity contribution in [2.75, 3.05) is 173 Å². The average Bonchev–Trinajstić information content (AvgIpc) is 0.798. The maximum absolute atomic E-state index is 12.9. The van der Waals surface area contributed by atoms with E-state index in [4.69, 9.17) is 60.6 Å². The number of para-hydroxylation sites is 4. The van der Waals surface area contributed by atoms with E-state index >= 15 is 0 Å². The maximum Gasteiger partial charge on any atom is 0.358 e. The molecular weight excluding hydrogens is 1980 g/mol. The molecule has 44 heteroatoms. The van der Waals surface area contributed by atoms with Gasteiger partial charge in [-0.15, -0.1) is 11.6 Å². The molecule has 0 aliphatic carbocycles. The van der Waals surface area contributed by atoms with Crippen LogP contribution >= 0.6 is 75.4 Å². The van der Waals surface area contributed by atoms with Gasteiger partial charge < -0.3 is 100 Å². The fourth-order valence-electron chi connectivity index (χ4n) is 14.7. The summed E-state index contributed by atoms with van der Waals surface area (Å²) in [6.45, 7) is 25.4. The van der Waals surface area contributed by atoms with Gasteiger partial charge in [0.25, 0.3) is 0 Å². The number of ketones is 1. The number of piperazine rings is 1. The summed E-state index contributed by atoms with van der Waals surface area (Å²) in [6.07, 6.45) is 13.1. The first-order valence-corrected chi connectivity index (χ1v) is 57.1. The molecule has 1 unspecified atom stereocenters. The quantitative estimate of drug-likeness (QED) is 0.0103. The molecule has 0 saturated carbocycles. The molecule has 35 nitrogen and oxygen atoms in total. The first-order chi connectivity index (χ1) is 66.9. The molecule has 7 heterocycles. The van der Waals surface area contributed by atoms with Gasteiger partial charge in [-0.25, -0.2) is 28.4 Å². The number of nitrogens with one attached hydrogen (secondary N) is 9. The molecule has 0 spiro atoms. The number of hydrogen-bond donors (Lipinski definition) is 12. The molecule has 141 heavy (non-hydrogen) atoms. The van der Waals surface area contributed by atoms with Gasteiger partial charge in [0.1, 0.15) is 59.6 Å². The minimum atomic E-state index is -4.50. The lowest BCUT2D eigenvalue weighted by Crippen LogP contribution is -2.52. The van der Waals surface area contributed by atoms with Crippen LogP contribution in [-0.4, -0.2) is 226 Å². The number of carbonyl (C=O) groups excluding carboxylic acids is 1. The average molecular weight is 2090 g/mol. The second-order valence-electron chi connectivity index (χ2n) is 34.8. The molecule has 13 aromatic rings. The molecule has 8 aromatic carbocycles. The number of hydrogen-bond acceptors (Lipinski definition) is 33. The Morgan fingerprint density at radius 3 is 1.42 bits per heavy atom. The number of ether oxygens (including phenoxy) is 3. The standard InChI is InChI=1S/C27H35ClN7O4P.C24H29N4O5PS.C23H28Cl2N5O2P.C23H22ClN6O2P/c1-33-13-15-35(16-14-33)19-9-11-34(12-10-19)20-7-8-22(24(17-20)39-2)31-27-29-18-21(28)26(32-27)30-23-5-3-4-6-25(23)40(36,37)38;1-15(2)35(31,32)22-10-8-7-9-20(22)26-23-18(16(3)29)14-25-24(28-23)27-19-12-11-17(34(5,6)30)13-21(19)33-4;1-15-11-16(27-14-23(2,31)13-24)9-10-18(15)29-22-26-12-17(25)21(30-22)28-19-7-5-6-8-20(19)33(3,4)32;1-32-21-12-15(33(2,3)31)8-9-19(21)29-23-27-13-17(24)22(30-23)28-18-7-5-4-6-16(18)20-14-25-10-11-26-20/h3-8,17-19H,9-16H2,1-2H3,(H2,36,37,38)(H2,29,30,31,32);7-15H,1-6H3,(H2,25,26,27,28);5-12,27,31H,13-14H2,1-4H3,(H2,26,28,29,30);4-14H,1-3H3,(H2,27,28,29,30). The normalized spacial score (nSPS) is 13.7. The summed E-state index contributed by atoms with van der Waals surface area (Å²) < 4.78 is 91.7. The molecule has 15 rings (SSSR count). The van der Waals surface area contributed by atoms with Crippen molar-refractivity contribution >= 4 is 216 Å². The van der Waals surface area contributed by atoms with Crippen LogP contribution in [0.2, 0.25) is 15.1 Å². The summed E-state index contributed by atoms with van der Waals surface area (Å²) in [5.41, 5.74) is 8.38. The van der Waals surface area contributed by atoms with Gasteiger partial charge >= 0.3 is 7.60 Å². The minimum absolute atomic E-state index is 0.110. The summed E-state index contributed by atoms with van der Waals surface area (Å²) in [5, 5.41) is 40.5. The molecule has 2 saturated heterocycles. The summed E-state index contributed by atoms with van der Waals surface area (Å²) in [6, 6.07) is 50.6. The molecule has 0 bridgehead atoms. The fourth-order valence-corrected chi connectivity index (χ4v) is 20.0. The van der Waals surface area contributed by atoms with Crippen molar-refractivity contribution in [1.82, 2.24) is 59.6 Å². The summed E-state index contributed by atoms with van der Waals surface area (Å²) >= 11 is 24.8. The zero-order valence-corrected chi connectivity index (χ0v) is 87.8. The number of likely N-dealkylation sites (N-methyl/N-ethyl adjacent to an activating group) is 1. The Morgan fingerprint density at radius 2 is 0.943 bits per heavy atom. The van der Waals surface area contributed by atoms with Gasteiger partial charge in [0.15, 0.2) is 33.1 Å². The number of sulfone groups is 1. The van der Waals surface area contributed by atoms with Crippen molar-refractivity contribution in [3.8, 4) is 28.5 Å². The number of aromatic nitrogens is 10. The summed E-state index contributed by atoms with van der Waals surface area (Å²) in [5.74, 6) is 3.79. The van der Waals surface area contributed by atoms with Crippen LogP contribution in [0.3, 0.4) is 0 Å². The zero-order valence-electron chi connectivity index (χ0n) is 80.4. The van der Waals surface area contributed by atoms with E-state index in [1.165, 1.54) is 51.0 Å². The number of methoxy groups -OCH3 is 3. The number of alkyl halides is 1. The van der Waals surface area contributed by atoms with Gasteiger partial charge in [0.2, 0.25) is 23.8 Å². The molecule has 2 aliphatic heterocycles. The molecule has 0 amide bonds. The van der Waals surface area contributed by atoms with Crippen molar-refractivity contribution in [3.05, 3.63) is 239 Å². The van der Waals surface area contributed by atoms with E-state index in [1.54, 1.807) is 166 Å². The minimum Gasteiger partial charge on any atom is -0.495 e. The van der Waals surface area contributed by atoms with Crippen LogP contribution in [0.5, 0.6) is 17.2 Å². The number of piperidine rings is 1. The van der Waals surface area contributed by atoms with Crippen molar-refractivity contribution in [2.24, 2.45) is 0 Å². The highest BCUT2D eigenvalue weighted by Crippen LogP contribution is 2.45. The SMILES string of the molecule is COc1cc(N2CCC(N3CCN(C)CC3)CC2)ccc1Nc1ncc(Cl)c(Nc2ccccc2P(=O)(O)O)n1.COc1cc(P(C)(C)=O)ccc1Nc1ncc(C(C)=O)c(Nc2ccccc2S(=O)(=O)C(C)C)n1.COc1cc(P(C)(C)=O)ccc1Nc1ncc(Cl)c(Nc2ccccc2-c2cnccn2)n1.Cc1cc(NCC(C)(O)CCl)ccc1Nc1ncc(Cl)c(Nc2ccccc2P(C)(C)=O)n1. The molecule has 744 valence electrons. The number of anilines is 18. The Kier molecular flexibility index (Phi) is 36.5. The third-order valence-corrected chi connectivity index (χ3v) is 31.8. The van der Waals surface area contributed by atoms with E-state index < -0.39 is 49.7 Å². The van der Waals surface area contributed by atoms with Gasteiger partial charge in [0.05, 0.1) is 118 Å². The van der Waals surface area contributed by atoms with E-state index in [9.17, 15) is 46.4 Å². The number of rotatable bonds is 33. The molecular formula is C97H114Cl4N22O13P4S. The number of Topliss-reactive ketones (excluding diaryl/α,β-unsaturated/α-hetero) is 1. The first-order valence-electron chi connectivity index (χ1n) is 44.4. The second kappa shape index (κ2) is 47.8. The third kappa shape index (κ3) is 29.4. The molecule has 5 aromatic heterocycles.